The van der Waals surface area contributed by atoms with E-state index in [1.54, 1.807) is 28.1 Å². The van der Waals surface area contributed by atoms with Gasteiger partial charge in [-0.25, -0.2) is 4.98 Å². The number of aromatic nitrogens is 3. The molecule has 28 heavy (non-hydrogen) atoms. The standard InChI is InChI=1S/C19H22N4O4S/c1-10-15(16(24)22-19(3,4)18-21-11(2)27-23-18)28-17(20-10)12-7-8-13(25-5)14(9-12)26-6/h7-9H,1-6H3,(H,22,24). The number of nitrogens with one attached hydrogen (secondary N) is 1. The average molecular weight is 402 g/mol. The van der Waals surface area contributed by atoms with E-state index in [2.05, 4.69) is 20.4 Å². The van der Waals surface area contributed by atoms with Gasteiger partial charge in [-0.05, 0) is 39.0 Å². The van der Waals surface area contributed by atoms with Crippen LogP contribution in [0.1, 0.15) is 40.9 Å². The molecule has 0 bridgehead atoms. The molecule has 8 nitrogen and oxygen atoms in total. The summed E-state index contributed by atoms with van der Waals surface area (Å²) in [4.78, 5) is 22.1. The van der Waals surface area contributed by atoms with Crippen molar-refractivity contribution in [2.75, 3.05) is 14.2 Å². The van der Waals surface area contributed by atoms with E-state index in [0.29, 0.717) is 33.8 Å². The van der Waals surface area contributed by atoms with Crippen LogP contribution in [-0.2, 0) is 5.54 Å². The Morgan fingerprint density at radius 3 is 2.46 bits per heavy atom. The normalized spacial score (nSPS) is 11.4. The first kappa shape index (κ1) is 19.8. The summed E-state index contributed by atoms with van der Waals surface area (Å²) in [7, 11) is 3.16. The second-order valence-electron chi connectivity index (χ2n) is 6.72. The van der Waals surface area contributed by atoms with E-state index >= 15 is 0 Å². The lowest BCUT2D eigenvalue weighted by Crippen LogP contribution is -2.41. The van der Waals surface area contributed by atoms with Gasteiger partial charge < -0.3 is 19.3 Å². The number of methoxy groups -OCH3 is 2. The molecule has 0 aliphatic rings. The predicted octanol–water partition coefficient (Wildman–Crippen LogP) is 3.49. The summed E-state index contributed by atoms with van der Waals surface area (Å²) in [6, 6.07) is 5.53. The molecule has 2 aromatic heterocycles. The number of carbonyl (C=O) groups is 1. The summed E-state index contributed by atoms with van der Waals surface area (Å²) >= 11 is 1.31. The van der Waals surface area contributed by atoms with Gasteiger partial charge in [0.1, 0.15) is 9.88 Å². The van der Waals surface area contributed by atoms with Gasteiger partial charge >= 0.3 is 0 Å². The van der Waals surface area contributed by atoms with Crippen LogP contribution >= 0.6 is 11.3 Å². The number of ether oxygens (including phenoxy) is 2. The second kappa shape index (κ2) is 7.59. The van der Waals surface area contributed by atoms with E-state index in [4.69, 9.17) is 14.0 Å². The molecule has 9 heteroatoms. The van der Waals surface area contributed by atoms with E-state index in [1.165, 1.54) is 11.3 Å². The molecule has 3 aromatic rings. The maximum Gasteiger partial charge on any atom is 0.264 e. The summed E-state index contributed by atoms with van der Waals surface area (Å²) < 4.78 is 15.6. The quantitative estimate of drug-likeness (QED) is 0.674. The molecule has 0 unspecified atom stereocenters. The fraction of sp³-hybridized carbons (Fsp3) is 0.368. The van der Waals surface area contributed by atoms with Crippen LogP contribution < -0.4 is 14.8 Å². The van der Waals surface area contributed by atoms with Gasteiger partial charge in [-0.15, -0.1) is 11.3 Å². The molecule has 0 saturated heterocycles. The fourth-order valence-electron chi connectivity index (χ4n) is 2.65. The van der Waals surface area contributed by atoms with Crippen LogP contribution in [0.5, 0.6) is 11.5 Å². The summed E-state index contributed by atoms with van der Waals surface area (Å²) in [6.07, 6.45) is 0. The van der Waals surface area contributed by atoms with E-state index in [9.17, 15) is 4.79 Å². The maximum absolute atomic E-state index is 12.9. The monoisotopic (exact) mass is 402 g/mol. The van der Waals surface area contributed by atoms with Crippen LogP contribution in [0.25, 0.3) is 10.6 Å². The number of amides is 1. The number of aryl methyl sites for hydroxylation is 2. The summed E-state index contributed by atoms with van der Waals surface area (Å²) in [6.45, 7) is 7.15. The van der Waals surface area contributed by atoms with Crippen molar-refractivity contribution in [2.45, 2.75) is 33.2 Å². The number of benzene rings is 1. The lowest BCUT2D eigenvalue weighted by Gasteiger charge is -2.21. The van der Waals surface area contributed by atoms with Crippen molar-refractivity contribution in [2.24, 2.45) is 0 Å². The molecule has 0 atom stereocenters. The highest BCUT2D eigenvalue weighted by Gasteiger charge is 2.30. The molecular formula is C19H22N4O4S. The van der Waals surface area contributed by atoms with Crippen LogP contribution in [0.3, 0.4) is 0 Å². The average Bonchev–Trinajstić information content (AvgIpc) is 3.27. The van der Waals surface area contributed by atoms with Crippen molar-refractivity contribution in [1.29, 1.82) is 0 Å². The van der Waals surface area contributed by atoms with Gasteiger partial charge in [0.15, 0.2) is 17.3 Å². The maximum atomic E-state index is 12.9. The number of thiazole rings is 1. The number of hydrogen-bond acceptors (Lipinski definition) is 8. The van der Waals surface area contributed by atoms with Crippen LogP contribution in [0.2, 0.25) is 0 Å². The van der Waals surface area contributed by atoms with Crippen molar-refractivity contribution in [1.82, 2.24) is 20.4 Å². The first-order valence-electron chi connectivity index (χ1n) is 8.58. The molecule has 1 N–H and O–H groups in total. The van der Waals surface area contributed by atoms with Crippen molar-refractivity contribution >= 4 is 17.2 Å². The molecular weight excluding hydrogens is 380 g/mol. The zero-order valence-electron chi connectivity index (χ0n) is 16.6. The van der Waals surface area contributed by atoms with Crippen LogP contribution in [0.4, 0.5) is 0 Å². The first-order chi connectivity index (χ1) is 13.2. The summed E-state index contributed by atoms with van der Waals surface area (Å²) in [5.41, 5.74) is 0.708. The lowest BCUT2D eigenvalue weighted by atomic mass is 10.0. The summed E-state index contributed by atoms with van der Waals surface area (Å²) in [5, 5.41) is 7.58. The van der Waals surface area contributed by atoms with Crippen molar-refractivity contribution in [3.05, 3.63) is 40.5 Å². The molecule has 0 aliphatic heterocycles. The van der Waals surface area contributed by atoms with E-state index < -0.39 is 5.54 Å². The van der Waals surface area contributed by atoms with Crippen LogP contribution in [-0.4, -0.2) is 35.3 Å². The van der Waals surface area contributed by atoms with Crippen LogP contribution in [0.15, 0.2) is 22.7 Å². The Hall–Kier alpha value is -2.94. The van der Waals surface area contributed by atoms with Gasteiger partial charge in [-0.2, -0.15) is 4.98 Å². The highest BCUT2D eigenvalue weighted by atomic mass is 32.1. The van der Waals surface area contributed by atoms with Crippen LogP contribution in [0, 0.1) is 13.8 Å². The molecule has 148 valence electrons. The Bertz CT molecular complexity index is 1010. The zero-order chi connectivity index (χ0) is 20.5. The topological polar surface area (TPSA) is 99.4 Å². The Balaban J connectivity index is 1.87. The Morgan fingerprint density at radius 2 is 1.86 bits per heavy atom. The van der Waals surface area contributed by atoms with Gasteiger partial charge in [0.25, 0.3) is 5.91 Å². The second-order valence-corrected chi connectivity index (χ2v) is 7.72. The lowest BCUT2D eigenvalue weighted by molar-refractivity contribution is 0.0911. The third-order valence-corrected chi connectivity index (χ3v) is 5.35. The summed E-state index contributed by atoms with van der Waals surface area (Å²) in [5.74, 6) is 1.86. The van der Waals surface area contributed by atoms with Gasteiger partial charge in [0.2, 0.25) is 5.89 Å². The SMILES string of the molecule is COc1ccc(-c2nc(C)c(C(=O)NC(C)(C)c3noc(C)n3)s2)cc1OC. The molecule has 3 rings (SSSR count). The van der Waals surface area contributed by atoms with Gasteiger partial charge in [-0.1, -0.05) is 5.16 Å². The third kappa shape index (κ3) is 3.84. The third-order valence-electron chi connectivity index (χ3n) is 4.15. The minimum atomic E-state index is -0.783. The number of carbonyl (C=O) groups excluding carboxylic acids is 1. The molecule has 0 aliphatic carbocycles. The first-order valence-corrected chi connectivity index (χ1v) is 9.40. The van der Waals surface area contributed by atoms with Crippen molar-refractivity contribution in [3.8, 4) is 22.1 Å². The number of rotatable bonds is 6. The number of nitrogens with zero attached hydrogens (tertiary/aromatic N) is 3. The minimum Gasteiger partial charge on any atom is -0.493 e. The van der Waals surface area contributed by atoms with E-state index in [1.807, 2.05) is 32.0 Å². The largest absolute Gasteiger partial charge is 0.493 e. The van der Waals surface area contributed by atoms with Gasteiger partial charge in [0, 0.05) is 12.5 Å². The molecule has 0 saturated carbocycles. The minimum absolute atomic E-state index is 0.242. The molecule has 1 amide bonds. The molecule has 0 fully saturated rings. The number of hydrogen-bond donors (Lipinski definition) is 1. The Labute approximate surface area is 166 Å². The molecule has 0 radical (unpaired) electrons. The zero-order valence-corrected chi connectivity index (χ0v) is 17.4. The van der Waals surface area contributed by atoms with E-state index in [-0.39, 0.29) is 5.91 Å². The molecule has 0 spiro atoms. The highest BCUT2D eigenvalue weighted by molar-refractivity contribution is 7.17. The van der Waals surface area contributed by atoms with Crippen molar-refractivity contribution < 1.29 is 18.8 Å². The van der Waals surface area contributed by atoms with Gasteiger partial charge in [-0.3, -0.25) is 4.79 Å². The smallest absolute Gasteiger partial charge is 0.264 e. The Morgan fingerprint density at radius 1 is 1.14 bits per heavy atom. The van der Waals surface area contributed by atoms with Gasteiger partial charge in [0.05, 0.1) is 25.5 Å². The molecule has 1 aromatic carbocycles. The Kier molecular flexibility index (Phi) is 5.37. The predicted molar refractivity (Wildman–Crippen MR) is 105 cm³/mol. The highest BCUT2D eigenvalue weighted by Crippen LogP contribution is 2.35. The fourth-order valence-corrected chi connectivity index (χ4v) is 3.61. The molecule has 2 heterocycles. The van der Waals surface area contributed by atoms with E-state index in [0.717, 1.165) is 10.6 Å². The van der Waals surface area contributed by atoms with Crippen molar-refractivity contribution in [3.63, 3.8) is 0 Å².